The van der Waals surface area contributed by atoms with Gasteiger partial charge in [0, 0.05) is 28.4 Å². The topological polar surface area (TPSA) is 93.8 Å². The number of carbonyl (C=O) groups is 1. The number of nitrogens with one attached hydrogen (secondary N) is 1. The first-order chi connectivity index (χ1) is 12.0. The fraction of sp³-hybridized carbons (Fsp3) is 0.176. The quantitative estimate of drug-likeness (QED) is 0.660. The van der Waals surface area contributed by atoms with E-state index in [1.54, 1.807) is 43.3 Å². The summed E-state index contributed by atoms with van der Waals surface area (Å²) in [6, 6.07) is 12.7. The van der Waals surface area contributed by atoms with E-state index >= 15 is 0 Å². The molecule has 0 saturated heterocycles. The van der Waals surface area contributed by atoms with E-state index in [0.717, 1.165) is 0 Å². The summed E-state index contributed by atoms with van der Waals surface area (Å²) in [6.45, 7) is 1.68. The molecule has 25 heavy (non-hydrogen) atoms. The first kappa shape index (κ1) is 16.9. The molecular formula is C17H14ClN3O4. The van der Waals surface area contributed by atoms with Crippen LogP contribution in [0.2, 0.25) is 5.02 Å². The molecule has 0 aromatic heterocycles. The summed E-state index contributed by atoms with van der Waals surface area (Å²) in [5, 5.41) is 18.2. The summed E-state index contributed by atoms with van der Waals surface area (Å²) in [4.78, 5) is 28.5. The Morgan fingerprint density at radius 3 is 2.68 bits per heavy atom. The molecule has 0 aliphatic carbocycles. The monoisotopic (exact) mass is 359 g/mol. The summed E-state index contributed by atoms with van der Waals surface area (Å²) < 4.78 is 0. The van der Waals surface area contributed by atoms with Gasteiger partial charge in [0.05, 0.1) is 10.6 Å². The molecule has 1 heterocycles. The van der Waals surface area contributed by atoms with Crippen molar-refractivity contribution in [1.29, 1.82) is 0 Å². The highest BCUT2D eigenvalue weighted by Gasteiger charge is 2.39. The van der Waals surface area contributed by atoms with Gasteiger partial charge in [0.15, 0.2) is 6.10 Å². The van der Waals surface area contributed by atoms with Crippen LogP contribution >= 0.6 is 11.6 Å². The van der Waals surface area contributed by atoms with E-state index in [2.05, 4.69) is 10.5 Å². The molecule has 2 aromatic rings. The molecule has 1 amide bonds. The number of anilines is 1. The van der Waals surface area contributed by atoms with Crippen LogP contribution in [0.1, 0.15) is 18.6 Å². The molecule has 128 valence electrons. The second kappa shape index (κ2) is 6.90. The molecule has 0 radical (unpaired) electrons. The first-order valence-electron chi connectivity index (χ1n) is 7.47. The summed E-state index contributed by atoms with van der Waals surface area (Å²) >= 11 is 5.84. The molecule has 2 atom stereocenters. The van der Waals surface area contributed by atoms with Crippen LogP contribution in [0.3, 0.4) is 0 Å². The standard InChI is InChI=1S/C17H14ClN3O4/c1-10-15(17(22)19-13-7-5-12(18)6-8-13)16(25-20-10)11-3-2-4-14(9-11)21(23)24/h2-9,15-16H,1H3,(H,19,22). The molecular weight excluding hydrogens is 346 g/mol. The van der Waals surface area contributed by atoms with E-state index in [4.69, 9.17) is 16.4 Å². The highest BCUT2D eigenvalue weighted by Crippen LogP contribution is 2.35. The van der Waals surface area contributed by atoms with Gasteiger partial charge < -0.3 is 10.2 Å². The van der Waals surface area contributed by atoms with Crippen molar-refractivity contribution < 1.29 is 14.6 Å². The Morgan fingerprint density at radius 1 is 1.28 bits per heavy atom. The Morgan fingerprint density at radius 2 is 2.00 bits per heavy atom. The van der Waals surface area contributed by atoms with Gasteiger partial charge in [-0.05, 0) is 31.2 Å². The van der Waals surface area contributed by atoms with Crippen LogP contribution in [0, 0.1) is 16.0 Å². The minimum absolute atomic E-state index is 0.0671. The number of rotatable bonds is 4. The highest BCUT2D eigenvalue weighted by atomic mass is 35.5. The maximum absolute atomic E-state index is 12.7. The molecule has 1 N–H and O–H groups in total. The van der Waals surface area contributed by atoms with E-state index in [1.807, 2.05) is 0 Å². The van der Waals surface area contributed by atoms with Gasteiger partial charge in [0.1, 0.15) is 5.92 Å². The van der Waals surface area contributed by atoms with Crippen LogP contribution in [0.4, 0.5) is 11.4 Å². The van der Waals surface area contributed by atoms with Gasteiger partial charge in [-0.15, -0.1) is 0 Å². The van der Waals surface area contributed by atoms with Crippen molar-refractivity contribution in [2.24, 2.45) is 11.1 Å². The maximum Gasteiger partial charge on any atom is 0.269 e. The highest BCUT2D eigenvalue weighted by molar-refractivity contribution is 6.30. The van der Waals surface area contributed by atoms with E-state index < -0.39 is 16.9 Å². The molecule has 1 aliphatic rings. The van der Waals surface area contributed by atoms with Crippen molar-refractivity contribution in [1.82, 2.24) is 0 Å². The van der Waals surface area contributed by atoms with Crippen LogP contribution in [0.25, 0.3) is 0 Å². The van der Waals surface area contributed by atoms with Crippen molar-refractivity contribution in [2.75, 3.05) is 5.32 Å². The zero-order valence-corrected chi connectivity index (χ0v) is 13.9. The molecule has 2 aromatic carbocycles. The third-order valence-corrected chi connectivity index (χ3v) is 4.12. The lowest BCUT2D eigenvalue weighted by Crippen LogP contribution is -2.30. The summed E-state index contributed by atoms with van der Waals surface area (Å²) in [7, 11) is 0. The lowest BCUT2D eigenvalue weighted by atomic mass is 9.91. The Labute approximate surface area is 148 Å². The predicted octanol–water partition coefficient (Wildman–Crippen LogP) is 3.95. The lowest BCUT2D eigenvalue weighted by molar-refractivity contribution is -0.385. The number of carbonyl (C=O) groups excluding carboxylic acids is 1. The minimum atomic E-state index is -0.716. The maximum atomic E-state index is 12.7. The van der Waals surface area contributed by atoms with Crippen LogP contribution in [0.5, 0.6) is 0 Å². The van der Waals surface area contributed by atoms with Crippen molar-refractivity contribution >= 4 is 34.6 Å². The van der Waals surface area contributed by atoms with E-state index in [-0.39, 0.29) is 11.6 Å². The number of nitro benzene ring substituents is 1. The zero-order valence-electron chi connectivity index (χ0n) is 13.2. The number of benzene rings is 2. The summed E-state index contributed by atoms with van der Waals surface area (Å²) in [5.74, 6) is -0.990. The average Bonchev–Trinajstić information content (AvgIpc) is 2.99. The fourth-order valence-corrected chi connectivity index (χ4v) is 2.75. The van der Waals surface area contributed by atoms with Gasteiger partial charge in [-0.3, -0.25) is 14.9 Å². The summed E-state index contributed by atoms with van der Waals surface area (Å²) in [6.07, 6.45) is -0.716. The molecule has 0 bridgehead atoms. The van der Waals surface area contributed by atoms with Gasteiger partial charge in [-0.1, -0.05) is 28.9 Å². The van der Waals surface area contributed by atoms with Gasteiger partial charge in [0.2, 0.25) is 5.91 Å². The molecule has 8 heteroatoms. The van der Waals surface area contributed by atoms with Crippen LogP contribution in [-0.4, -0.2) is 16.5 Å². The molecule has 7 nitrogen and oxygen atoms in total. The van der Waals surface area contributed by atoms with Crippen molar-refractivity contribution in [3.05, 3.63) is 69.2 Å². The Kier molecular flexibility index (Phi) is 4.67. The third kappa shape index (κ3) is 3.61. The van der Waals surface area contributed by atoms with Gasteiger partial charge >= 0.3 is 0 Å². The number of oxime groups is 1. The number of nitrogens with zero attached hydrogens (tertiary/aromatic N) is 2. The Bertz CT molecular complexity index is 851. The molecule has 3 rings (SSSR count). The first-order valence-corrected chi connectivity index (χ1v) is 7.84. The summed E-state index contributed by atoms with van der Waals surface area (Å²) in [5.41, 5.74) is 1.54. The molecule has 2 unspecified atom stereocenters. The van der Waals surface area contributed by atoms with Crippen LogP contribution in [-0.2, 0) is 9.63 Å². The van der Waals surface area contributed by atoms with Crippen molar-refractivity contribution in [2.45, 2.75) is 13.0 Å². The van der Waals surface area contributed by atoms with E-state index in [9.17, 15) is 14.9 Å². The Hall–Kier alpha value is -2.93. The number of nitro groups is 1. The number of amides is 1. The fourth-order valence-electron chi connectivity index (χ4n) is 2.63. The van der Waals surface area contributed by atoms with Gasteiger partial charge in [-0.25, -0.2) is 0 Å². The molecule has 0 spiro atoms. The molecule has 1 aliphatic heterocycles. The third-order valence-electron chi connectivity index (χ3n) is 3.87. The molecule has 0 saturated carbocycles. The smallest absolute Gasteiger partial charge is 0.269 e. The predicted molar refractivity (Wildman–Crippen MR) is 93.6 cm³/mol. The van der Waals surface area contributed by atoms with E-state index in [1.165, 1.54) is 12.1 Å². The van der Waals surface area contributed by atoms with Crippen molar-refractivity contribution in [3.63, 3.8) is 0 Å². The average molecular weight is 360 g/mol. The SMILES string of the molecule is CC1=NOC(c2cccc([N+](=O)[O-])c2)C1C(=O)Nc1ccc(Cl)cc1. The largest absolute Gasteiger partial charge is 0.386 e. The number of halogens is 1. The normalized spacial score (nSPS) is 19.0. The van der Waals surface area contributed by atoms with Crippen LogP contribution in [0.15, 0.2) is 53.7 Å². The Balaban J connectivity index is 1.84. The lowest BCUT2D eigenvalue weighted by Gasteiger charge is -2.18. The van der Waals surface area contributed by atoms with Gasteiger partial charge in [-0.2, -0.15) is 0 Å². The van der Waals surface area contributed by atoms with Gasteiger partial charge in [0.25, 0.3) is 5.69 Å². The second-order valence-electron chi connectivity index (χ2n) is 5.58. The van der Waals surface area contributed by atoms with Crippen LogP contribution < -0.4 is 5.32 Å². The number of non-ortho nitro benzene ring substituents is 1. The number of hydrogen-bond donors (Lipinski definition) is 1. The zero-order chi connectivity index (χ0) is 18.0. The van der Waals surface area contributed by atoms with E-state index in [0.29, 0.717) is 22.0 Å². The second-order valence-corrected chi connectivity index (χ2v) is 6.02. The minimum Gasteiger partial charge on any atom is -0.386 e. The number of hydrogen-bond acceptors (Lipinski definition) is 5. The van der Waals surface area contributed by atoms with Crippen molar-refractivity contribution in [3.8, 4) is 0 Å². The molecule has 0 fully saturated rings.